The summed E-state index contributed by atoms with van der Waals surface area (Å²) >= 11 is 0. The maximum atomic E-state index is 12.0. The van der Waals surface area contributed by atoms with Crippen LogP contribution in [0.5, 0.6) is 0 Å². The third kappa shape index (κ3) is 5.86. The fourth-order valence-corrected chi connectivity index (χ4v) is 2.32. The zero-order chi connectivity index (χ0) is 20.5. The molecule has 0 heterocycles. The predicted octanol–water partition coefficient (Wildman–Crippen LogP) is 4.78. The standard InChI is InChI=1S/C22H18N4O3/c23-20-9-5-4-8-19(20)22(28)25-24-17-11-13-18(14-12-17)26-29-21(27)15-10-16-6-2-1-3-7-16/h1-15,26H,23H2. The van der Waals surface area contributed by atoms with Gasteiger partial charge in [-0.25, -0.2) is 10.3 Å². The van der Waals surface area contributed by atoms with Crippen LogP contribution in [0.4, 0.5) is 17.1 Å². The van der Waals surface area contributed by atoms with Crippen molar-refractivity contribution in [2.45, 2.75) is 0 Å². The lowest BCUT2D eigenvalue weighted by Gasteiger charge is -2.04. The topological polar surface area (TPSA) is 106 Å². The van der Waals surface area contributed by atoms with E-state index in [-0.39, 0.29) is 0 Å². The molecule has 0 saturated carbocycles. The number of rotatable bonds is 6. The first-order valence-corrected chi connectivity index (χ1v) is 8.72. The number of nitrogens with zero attached hydrogens (tertiary/aromatic N) is 2. The molecule has 0 aliphatic rings. The highest BCUT2D eigenvalue weighted by atomic mass is 16.7. The number of nitrogens with one attached hydrogen (secondary N) is 1. The van der Waals surface area contributed by atoms with Crippen molar-refractivity contribution < 1.29 is 14.4 Å². The minimum atomic E-state index is -0.538. The van der Waals surface area contributed by atoms with Crippen molar-refractivity contribution >= 4 is 35.0 Å². The minimum Gasteiger partial charge on any atom is -0.398 e. The molecule has 0 spiro atoms. The number of carbonyl (C=O) groups is 2. The maximum Gasteiger partial charge on any atom is 0.355 e. The summed E-state index contributed by atoms with van der Waals surface area (Å²) in [5, 5.41) is 7.57. The Bertz CT molecular complexity index is 1050. The smallest absolute Gasteiger partial charge is 0.355 e. The van der Waals surface area contributed by atoms with Gasteiger partial charge in [-0.15, -0.1) is 10.2 Å². The molecule has 3 aromatic rings. The molecule has 0 aliphatic carbocycles. The van der Waals surface area contributed by atoms with E-state index in [4.69, 9.17) is 10.6 Å². The Morgan fingerprint density at radius 2 is 1.59 bits per heavy atom. The van der Waals surface area contributed by atoms with Gasteiger partial charge in [0.05, 0.1) is 16.9 Å². The number of hydrogen-bond acceptors (Lipinski definition) is 6. The molecular formula is C22H18N4O3. The van der Waals surface area contributed by atoms with E-state index >= 15 is 0 Å². The molecule has 0 atom stereocenters. The van der Waals surface area contributed by atoms with Gasteiger partial charge in [-0.3, -0.25) is 4.79 Å². The summed E-state index contributed by atoms with van der Waals surface area (Å²) in [4.78, 5) is 28.7. The lowest BCUT2D eigenvalue weighted by molar-refractivity contribution is -0.134. The van der Waals surface area contributed by atoms with Crippen LogP contribution in [-0.4, -0.2) is 11.9 Å². The number of para-hydroxylation sites is 1. The fraction of sp³-hybridized carbons (Fsp3) is 0. The Balaban J connectivity index is 1.52. The summed E-state index contributed by atoms with van der Waals surface area (Å²) in [6, 6.07) is 22.6. The van der Waals surface area contributed by atoms with Crippen molar-refractivity contribution in [2.75, 3.05) is 11.2 Å². The maximum absolute atomic E-state index is 12.0. The van der Waals surface area contributed by atoms with Crippen LogP contribution >= 0.6 is 0 Å². The summed E-state index contributed by atoms with van der Waals surface area (Å²) in [5.41, 5.74) is 10.8. The van der Waals surface area contributed by atoms with Crippen molar-refractivity contribution in [2.24, 2.45) is 10.2 Å². The Kier molecular flexibility index (Phi) is 6.46. The van der Waals surface area contributed by atoms with Gasteiger partial charge < -0.3 is 10.6 Å². The second kappa shape index (κ2) is 9.61. The molecule has 29 heavy (non-hydrogen) atoms. The van der Waals surface area contributed by atoms with Crippen molar-refractivity contribution in [1.82, 2.24) is 0 Å². The molecule has 0 saturated heterocycles. The van der Waals surface area contributed by atoms with Crippen LogP contribution in [0.3, 0.4) is 0 Å². The van der Waals surface area contributed by atoms with Crippen molar-refractivity contribution in [1.29, 1.82) is 0 Å². The number of azo groups is 1. The van der Waals surface area contributed by atoms with E-state index < -0.39 is 11.9 Å². The summed E-state index contributed by atoms with van der Waals surface area (Å²) in [5.74, 6) is -1.06. The number of benzene rings is 3. The number of nitrogens with two attached hydrogens (primary N) is 1. The number of anilines is 2. The van der Waals surface area contributed by atoms with E-state index in [1.807, 2.05) is 30.3 Å². The molecule has 3 aromatic carbocycles. The molecule has 0 aromatic heterocycles. The number of carbonyl (C=O) groups excluding carboxylic acids is 2. The summed E-state index contributed by atoms with van der Waals surface area (Å²) in [7, 11) is 0. The molecule has 0 aliphatic heterocycles. The molecule has 7 heteroatoms. The molecule has 3 N–H and O–H groups in total. The van der Waals surface area contributed by atoms with Gasteiger partial charge in [0.1, 0.15) is 0 Å². The largest absolute Gasteiger partial charge is 0.398 e. The Hall–Kier alpha value is -4.26. The first kappa shape index (κ1) is 19.5. The zero-order valence-electron chi connectivity index (χ0n) is 15.4. The quantitative estimate of drug-likeness (QED) is 0.274. The summed E-state index contributed by atoms with van der Waals surface area (Å²) in [6.45, 7) is 0. The normalized spacial score (nSPS) is 10.9. The van der Waals surface area contributed by atoms with Gasteiger partial charge in [0.15, 0.2) is 0 Å². The third-order valence-corrected chi connectivity index (χ3v) is 3.80. The highest BCUT2D eigenvalue weighted by molar-refractivity contribution is 5.99. The molecule has 1 amide bonds. The predicted molar refractivity (Wildman–Crippen MR) is 111 cm³/mol. The monoisotopic (exact) mass is 386 g/mol. The van der Waals surface area contributed by atoms with E-state index in [1.165, 1.54) is 6.08 Å². The molecule has 0 fully saturated rings. The lowest BCUT2D eigenvalue weighted by Crippen LogP contribution is -2.07. The van der Waals surface area contributed by atoms with Crippen LogP contribution < -0.4 is 11.2 Å². The molecule has 0 radical (unpaired) electrons. The Labute approximate surface area is 167 Å². The average Bonchev–Trinajstić information content (AvgIpc) is 2.76. The van der Waals surface area contributed by atoms with Gasteiger partial charge in [0.25, 0.3) is 5.91 Å². The molecule has 0 unspecified atom stereocenters. The van der Waals surface area contributed by atoms with Gasteiger partial charge in [-0.2, -0.15) is 0 Å². The van der Waals surface area contributed by atoms with Gasteiger partial charge in [0, 0.05) is 11.8 Å². The van der Waals surface area contributed by atoms with Crippen LogP contribution in [0.1, 0.15) is 15.9 Å². The van der Waals surface area contributed by atoms with Crippen LogP contribution in [0.2, 0.25) is 0 Å². The number of amides is 1. The second-order valence-electron chi connectivity index (χ2n) is 5.91. The first-order valence-electron chi connectivity index (χ1n) is 8.72. The summed E-state index contributed by atoms with van der Waals surface area (Å²) < 4.78 is 0. The highest BCUT2D eigenvalue weighted by Gasteiger charge is 2.07. The van der Waals surface area contributed by atoms with E-state index in [1.54, 1.807) is 54.6 Å². The lowest BCUT2D eigenvalue weighted by atomic mass is 10.2. The molecular weight excluding hydrogens is 368 g/mol. The van der Waals surface area contributed by atoms with Crippen molar-refractivity contribution in [3.05, 3.63) is 96.1 Å². The van der Waals surface area contributed by atoms with E-state index in [9.17, 15) is 9.59 Å². The van der Waals surface area contributed by atoms with Gasteiger partial charge in [-0.05, 0) is 48.0 Å². The SMILES string of the molecule is Nc1ccccc1C(=O)N=Nc1ccc(NOC(=O)C=Cc2ccccc2)cc1. The zero-order valence-corrected chi connectivity index (χ0v) is 15.4. The fourth-order valence-electron chi connectivity index (χ4n) is 2.32. The Morgan fingerprint density at radius 3 is 2.31 bits per heavy atom. The second-order valence-corrected chi connectivity index (χ2v) is 5.91. The molecule has 7 nitrogen and oxygen atoms in total. The minimum absolute atomic E-state index is 0.296. The van der Waals surface area contributed by atoms with Gasteiger partial charge >= 0.3 is 5.97 Å². The van der Waals surface area contributed by atoms with Crippen molar-refractivity contribution in [3.63, 3.8) is 0 Å². The molecule has 0 bridgehead atoms. The van der Waals surface area contributed by atoms with Crippen LogP contribution in [-0.2, 0) is 9.63 Å². The van der Waals surface area contributed by atoms with Gasteiger partial charge in [-0.1, -0.05) is 42.5 Å². The first-order chi connectivity index (χ1) is 14.1. The third-order valence-electron chi connectivity index (χ3n) is 3.80. The Morgan fingerprint density at radius 1 is 0.897 bits per heavy atom. The average molecular weight is 386 g/mol. The van der Waals surface area contributed by atoms with E-state index in [0.717, 1.165) is 5.56 Å². The van der Waals surface area contributed by atoms with E-state index in [0.29, 0.717) is 22.6 Å². The van der Waals surface area contributed by atoms with E-state index in [2.05, 4.69) is 15.7 Å². The van der Waals surface area contributed by atoms with Crippen LogP contribution in [0, 0.1) is 0 Å². The van der Waals surface area contributed by atoms with Crippen LogP contribution in [0.25, 0.3) is 6.08 Å². The highest BCUT2D eigenvalue weighted by Crippen LogP contribution is 2.18. The van der Waals surface area contributed by atoms with Crippen molar-refractivity contribution in [3.8, 4) is 0 Å². The molecule has 3 rings (SSSR count). The molecule has 144 valence electrons. The number of nitrogen functional groups attached to an aromatic ring is 1. The number of hydrogen-bond donors (Lipinski definition) is 2. The summed E-state index contributed by atoms with van der Waals surface area (Å²) in [6.07, 6.45) is 2.98. The van der Waals surface area contributed by atoms with Crippen LogP contribution in [0.15, 0.2) is 95.2 Å². The van der Waals surface area contributed by atoms with Gasteiger partial charge in [0.2, 0.25) is 0 Å².